The first kappa shape index (κ1) is 18.4. The molecule has 1 saturated heterocycles. The lowest BCUT2D eigenvalue weighted by Gasteiger charge is -2.32. The summed E-state index contributed by atoms with van der Waals surface area (Å²) in [7, 11) is 1.70. The molecule has 0 spiro atoms. The molecule has 0 bridgehead atoms. The van der Waals surface area contributed by atoms with Crippen molar-refractivity contribution in [1.29, 1.82) is 0 Å². The number of rotatable bonds is 5. The maximum atomic E-state index is 12.2. The summed E-state index contributed by atoms with van der Waals surface area (Å²) in [6.07, 6.45) is 3.79. The Morgan fingerprint density at radius 1 is 1.18 bits per heavy atom. The highest BCUT2D eigenvalue weighted by Gasteiger charge is 2.24. The first-order chi connectivity index (χ1) is 13.7. The molecule has 0 aliphatic carbocycles. The van der Waals surface area contributed by atoms with E-state index < -0.39 is 0 Å². The van der Waals surface area contributed by atoms with Gasteiger partial charge in [0.2, 0.25) is 0 Å². The molecule has 1 unspecified atom stereocenters. The monoisotopic (exact) mass is 376 g/mol. The topological polar surface area (TPSA) is 71.1 Å². The molecule has 6 nitrogen and oxygen atoms in total. The van der Waals surface area contributed by atoms with Crippen molar-refractivity contribution in [2.24, 2.45) is 0 Å². The number of nitrogens with zero attached hydrogens (tertiary/aromatic N) is 3. The fourth-order valence-electron chi connectivity index (χ4n) is 3.81. The van der Waals surface area contributed by atoms with Gasteiger partial charge in [0, 0.05) is 36.8 Å². The highest BCUT2D eigenvalue weighted by atomic mass is 16.5. The Kier molecular flexibility index (Phi) is 5.48. The van der Waals surface area contributed by atoms with Gasteiger partial charge in [-0.3, -0.25) is 14.7 Å². The zero-order chi connectivity index (χ0) is 19.3. The average molecular weight is 376 g/mol. The van der Waals surface area contributed by atoms with Crippen molar-refractivity contribution in [2.75, 3.05) is 20.2 Å². The van der Waals surface area contributed by atoms with Gasteiger partial charge in [0.05, 0.1) is 18.5 Å². The Bertz CT molecular complexity index is 987. The van der Waals surface area contributed by atoms with Crippen LogP contribution in [0.1, 0.15) is 30.1 Å². The first-order valence-electron chi connectivity index (χ1n) is 9.60. The van der Waals surface area contributed by atoms with Gasteiger partial charge in [0.1, 0.15) is 11.6 Å². The Labute approximate surface area is 164 Å². The Balaban J connectivity index is 1.55. The minimum Gasteiger partial charge on any atom is -0.496 e. The molecule has 0 saturated carbocycles. The van der Waals surface area contributed by atoms with E-state index in [9.17, 15) is 4.79 Å². The van der Waals surface area contributed by atoms with Gasteiger partial charge in [0.15, 0.2) is 0 Å². The summed E-state index contributed by atoms with van der Waals surface area (Å²) in [6.45, 7) is 2.70. The van der Waals surface area contributed by atoms with Crippen molar-refractivity contribution in [3.8, 4) is 17.1 Å². The van der Waals surface area contributed by atoms with Crippen LogP contribution in [0.25, 0.3) is 11.4 Å². The van der Waals surface area contributed by atoms with Crippen LogP contribution in [0, 0.1) is 0 Å². The Morgan fingerprint density at radius 3 is 2.86 bits per heavy atom. The van der Waals surface area contributed by atoms with Crippen LogP contribution in [0.15, 0.2) is 59.5 Å². The maximum absolute atomic E-state index is 12.2. The van der Waals surface area contributed by atoms with Crippen LogP contribution in [0.2, 0.25) is 0 Å². The van der Waals surface area contributed by atoms with Gasteiger partial charge in [0.25, 0.3) is 5.56 Å². The number of nitrogens with one attached hydrogen (secondary N) is 1. The van der Waals surface area contributed by atoms with Crippen molar-refractivity contribution in [3.63, 3.8) is 0 Å². The summed E-state index contributed by atoms with van der Waals surface area (Å²) in [5.41, 5.74) is 2.39. The van der Waals surface area contributed by atoms with Crippen LogP contribution in [0.3, 0.4) is 0 Å². The number of methoxy groups -OCH3 is 1. The minimum absolute atomic E-state index is 0.132. The lowest BCUT2D eigenvalue weighted by molar-refractivity contribution is 0.194. The molecule has 3 aromatic rings. The molecule has 144 valence electrons. The zero-order valence-electron chi connectivity index (χ0n) is 16.0. The third-order valence-electron chi connectivity index (χ3n) is 5.17. The SMILES string of the molecule is COc1ccccc1CN1CCCC(c2nc(-c3ccccn3)cc(=O)[nH]2)C1. The molecule has 1 aliphatic rings. The fraction of sp³-hybridized carbons (Fsp3) is 0.318. The molecule has 1 fully saturated rings. The number of hydrogen-bond donors (Lipinski definition) is 1. The van der Waals surface area contributed by atoms with E-state index in [4.69, 9.17) is 9.72 Å². The van der Waals surface area contributed by atoms with E-state index in [0.717, 1.165) is 49.7 Å². The van der Waals surface area contributed by atoms with E-state index >= 15 is 0 Å². The smallest absolute Gasteiger partial charge is 0.251 e. The summed E-state index contributed by atoms with van der Waals surface area (Å²) in [4.78, 5) is 26.6. The number of ether oxygens (including phenoxy) is 1. The molecule has 1 aliphatic heterocycles. The number of para-hydroxylation sites is 1. The first-order valence-corrected chi connectivity index (χ1v) is 9.60. The van der Waals surface area contributed by atoms with Crippen LogP contribution < -0.4 is 10.3 Å². The highest BCUT2D eigenvalue weighted by molar-refractivity contribution is 5.52. The molecule has 2 aromatic heterocycles. The molecule has 1 atom stereocenters. The second kappa shape index (κ2) is 8.35. The van der Waals surface area contributed by atoms with E-state index in [2.05, 4.69) is 20.9 Å². The summed E-state index contributed by atoms with van der Waals surface area (Å²) >= 11 is 0. The number of piperidine rings is 1. The van der Waals surface area contributed by atoms with E-state index in [0.29, 0.717) is 5.69 Å². The van der Waals surface area contributed by atoms with Crippen LogP contribution in [-0.4, -0.2) is 40.1 Å². The summed E-state index contributed by atoms with van der Waals surface area (Å²) < 4.78 is 5.49. The third-order valence-corrected chi connectivity index (χ3v) is 5.17. The van der Waals surface area contributed by atoms with E-state index in [-0.39, 0.29) is 11.5 Å². The van der Waals surface area contributed by atoms with Crippen LogP contribution in [0.4, 0.5) is 0 Å². The summed E-state index contributed by atoms with van der Waals surface area (Å²) in [6, 6.07) is 15.3. The van der Waals surface area contributed by atoms with Gasteiger partial charge < -0.3 is 9.72 Å². The number of aromatic nitrogens is 3. The second-order valence-corrected chi connectivity index (χ2v) is 7.12. The number of aromatic amines is 1. The molecule has 3 heterocycles. The molecule has 6 heteroatoms. The normalized spacial score (nSPS) is 17.4. The van der Waals surface area contributed by atoms with Gasteiger partial charge in [-0.05, 0) is 37.6 Å². The van der Waals surface area contributed by atoms with Gasteiger partial charge in [-0.25, -0.2) is 4.98 Å². The lowest BCUT2D eigenvalue weighted by Crippen LogP contribution is -2.35. The predicted octanol–water partition coefficient (Wildman–Crippen LogP) is 3.22. The molecular weight excluding hydrogens is 352 g/mol. The standard InChI is InChI=1S/C22H24N4O2/c1-28-20-10-3-2-7-16(20)14-26-12-6-8-17(15-26)22-24-19(13-21(27)25-22)18-9-4-5-11-23-18/h2-5,7,9-11,13,17H,6,8,12,14-15H2,1H3,(H,24,25,27). The fourth-order valence-corrected chi connectivity index (χ4v) is 3.81. The van der Waals surface area contributed by atoms with Crippen molar-refractivity contribution < 1.29 is 4.74 Å². The number of likely N-dealkylation sites (tertiary alicyclic amines) is 1. The number of benzene rings is 1. The van der Waals surface area contributed by atoms with Crippen molar-refractivity contribution in [3.05, 3.63) is 76.5 Å². The molecule has 1 aromatic carbocycles. The van der Waals surface area contributed by atoms with Gasteiger partial charge in [-0.1, -0.05) is 24.3 Å². The van der Waals surface area contributed by atoms with Crippen LogP contribution in [-0.2, 0) is 6.54 Å². The van der Waals surface area contributed by atoms with Gasteiger partial charge in [-0.2, -0.15) is 0 Å². The van der Waals surface area contributed by atoms with Crippen molar-refractivity contribution >= 4 is 0 Å². The van der Waals surface area contributed by atoms with Gasteiger partial charge >= 0.3 is 0 Å². The molecular formula is C22H24N4O2. The second-order valence-electron chi connectivity index (χ2n) is 7.12. The van der Waals surface area contributed by atoms with Crippen molar-refractivity contribution in [1.82, 2.24) is 19.9 Å². The molecule has 1 N–H and O–H groups in total. The van der Waals surface area contributed by atoms with Crippen LogP contribution >= 0.6 is 0 Å². The lowest BCUT2D eigenvalue weighted by atomic mass is 9.96. The quantitative estimate of drug-likeness (QED) is 0.740. The predicted molar refractivity (Wildman–Crippen MR) is 108 cm³/mol. The van der Waals surface area contributed by atoms with Crippen LogP contribution in [0.5, 0.6) is 5.75 Å². The Morgan fingerprint density at radius 2 is 2.04 bits per heavy atom. The molecule has 4 rings (SSSR count). The third kappa shape index (κ3) is 4.12. The maximum Gasteiger partial charge on any atom is 0.251 e. The number of hydrogen-bond acceptors (Lipinski definition) is 5. The zero-order valence-corrected chi connectivity index (χ0v) is 16.0. The molecule has 0 amide bonds. The largest absolute Gasteiger partial charge is 0.496 e. The Hall–Kier alpha value is -2.99. The molecule has 0 radical (unpaired) electrons. The minimum atomic E-state index is -0.132. The summed E-state index contributed by atoms with van der Waals surface area (Å²) in [5, 5.41) is 0. The van der Waals surface area contributed by atoms with Crippen molar-refractivity contribution in [2.45, 2.75) is 25.3 Å². The number of H-pyrrole nitrogens is 1. The van der Waals surface area contributed by atoms with Gasteiger partial charge in [-0.15, -0.1) is 0 Å². The van der Waals surface area contributed by atoms with E-state index in [1.807, 2.05) is 36.4 Å². The highest BCUT2D eigenvalue weighted by Crippen LogP contribution is 2.28. The summed E-state index contributed by atoms with van der Waals surface area (Å²) in [5.74, 6) is 1.85. The average Bonchev–Trinajstić information content (AvgIpc) is 2.74. The van der Waals surface area contributed by atoms with E-state index in [1.54, 1.807) is 13.3 Å². The van der Waals surface area contributed by atoms with E-state index in [1.165, 1.54) is 11.6 Å². The molecule has 28 heavy (non-hydrogen) atoms. The number of pyridine rings is 1.